The van der Waals surface area contributed by atoms with Crippen LogP contribution in [-0.4, -0.2) is 37.6 Å². The lowest BCUT2D eigenvalue weighted by Gasteiger charge is -2.40. The molecule has 2 heteroatoms. The maximum atomic E-state index is 3.58. The van der Waals surface area contributed by atoms with Gasteiger partial charge in [0, 0.05) is 19.1 Å². The Morgan fingerprint density at radius 2 is 1.89 bits per heavy atom. The first-order chi connectivity index (χ1) is 8.61. The summed E-state index contributed by atoms with van der Waals surface area (Å²) in [5.41, 5.74) is 0.540. The van der Waals surface area contributed by atoms with Crippen LogP contribution in [0.1, 0.15) is 58.8 Å². The van der Waals surface area contributed by atoms with Crippen LogP contribution in [0.3, 0.4) is 0 Å². The van der Waals surface area contributed by atoms with Crippen LogP contribution in [0.2, 0.25) is 0 Å². The number of piperidine rings is 1. The van der Waals surface area contributed by atoms with Crippen molar-refractivity contribution in [1.82, 2.24) is 10.2 Å². The van der Waals surface area contributed by atoms with Gasteiger partial charge in [-0.05, 0) is 50.6 Å². The van der Waals surface area contributed by atoms with E-state index in [4.69, 9.17) is 0 Å². The first-order valence-corrected chi connectivity index (χ1v) is 8.00. The molecule has 18 heavy (non-hydrogen) atoms. The Bertz CT molecular complexity index is 249. The van der Waals surface area contributed by atoms with Gasteiger partial charge < -0.3 is 10.2 Å². The van der Waals surface area contributed by atoms with Gasteiger partial charge in [0.05, 0.1) is 0 Å². The van der Waals surface area contributed by atoms with Crippen molar-refractivity contribution >= 4 is 0 Å². The number of nitrogens with one attached hydrogen (secondary N) is 1. The summed E-state index contributed by atoms with van der Waals surface area (Å²) in [4.78, 5) is 2.74. The van der Waals surface area contributed by atoms with Crippen LogP contribution in [0, 0.1) is 11.3 Å². The largest absolute Gasteiger partial charge is 0.317 e. The molecule has 2 aliphatic rings. The van der Waals surface area contributed by atoms with Crippen molar-refractivity contribution in [3.63, 3.8) is 0 Å². The van der Waals surface area contributed by atoms with Gasteiger partial charge >= 0.3 is 0 Å². The molecule has 1 saturated carbocycles. The zero-order valence-corrected chi connectivity index (χ0v) is 12.7. The molecular weight excluding hydrogens is 220 g/mol. The highest BCUT2D eigenvalue weighted by atomic mass is 15.1. The monoisotopic (exact) mass is 252 g/mol. The van der Waals surface area contributed by atoms with Crippen molar-refractivity contribution in [2.45, 2.75) is 64.8 Å². The Kier molecular flexibility index (Phi) is 5.08. The predicted molar refractivity (Wildman–Crippen MR) is 78.9 cm³/mol. The molecule has 2 nitrogen and oxygen atoms in total. The second-order valence-electron chi connectivity index (χ2n) is 7.30. The van der Waals surface area contributed by atoms with E-state index in [1.165, 1.54) is 64.6 Å². The molecule has 2 unspecified atom stereocenters. The summed E-state index contributed by atoms with van der Waals surface area (Å²) < 4.78 is 0. The lowest BCUT2D eigenvalue weighted by Crippen LogP contribution is -2.46. The summed E-state index contributed by atoms with van der Waals surface area (Å²) in [6.45, 7) is 8.83. The molecule has 1 saturated heterocycles. The van der Waals surface area contributed by atoms with E-state index in [2.05, 4.69) is 31.1 Å². The highest BCUT2D eigenvalue weighted by Gasteiger charge is 2.30. The molecule has 1 aliphatic carbocycles. The number of likely N-dealkylation sites (tertiary alicyclic amines) is 1. The van der Waals surface area contributed by atoms with Crippen molar-refractivity contribution in [2.75, 3.05) is 26.7 Å². The maximum absolute atomic E-state index is 3.58. The summed E-state index contributed by atoms with van der Waals surface area (Å²) in [5.74, 6) is 0.881. The van der Waals surface area contributed by atoms with Crippen LogP contribution in [0.25, 0.3) is 0 Å². The molecule has 1 heterocycles. The second kappa shape index (κ2) is 6.38. The van der Waals surface area contributed by atoms with Gasteiger partial charge in [-0.15, -0.1) is 0 Å². The minimum atomic E-state index is 0.540. The van der Waals surface area contributed by atoms with Gasteiger partial charge in [-0.3, -0.25) is 0 Å². The number of nitrogens with zero attached hydrogens (tertiary/aromatic N) is 1. The van der Waals surface area contributed by atoms with Crippen LogP contribution in [0.15, 0.2) is 0 Å². The number of hydrogen-bond donors (Lipinski definition) is 1. The molecule has 0 aromatic heterocycles. The second-order valence-corrected chi connectivity index (χ2v) is 7.30. The lowest BCUT2D eigenvalue weighted by molar-refractivity contribution is 0.0925. The van der Waals surface area contributed by atoms with E-state index < -0.39 is 0 Å². The van der Waals surface area contributed by atoms with Crippen LogP contribution in [0.4, 0.5) is 0 Å². The Balaban J connectivity index is 1.89. The molecule has 106 valence electrons. The summed E-state index contributed by atoms with van der Waals surface area (Å²) in [5, 5.41) is 3.58. The molecular formula is C16H32N2. The predicted octanol–water partition coefficient (Wildman–Crippen LogP) is 3.28. The topological polar surface area (TPSA) is 15.3 Å². The maximum Gasteiger partial charge on any atom is 0.0104 e. The van der Waals surface area contributed by atoms with Gasteiger partial charge in [-0.25, -0.2) is 0 Å². The van der Waals surface area contributed by atoms with E-state index in [-0.39, 0.29) is 0 Å². The van der Waals surface area contributed by atoms with Crippen molar-refractivity contribution in [2.24, 2.45) is 11.3 Å². The average molecular weight is 252 g/mol. The zero-order valence-electron chi connectivity index (χ0n) is 12.7. The Hall–Kier alpha value is -0.0800. The number of rotatable bonds is 3. The fourth-order valence-electron chi connectivity index (χ4n) is 4.02. The highest BCUT2D eigenvalue weighted by Crippen LogP contribution is 2.31. The molecule has 0 aromatic rings. The SMILES string of the molecule is CNC1CCCCCC1CN1CCCC(C)(C)C1. The molecule has 2 rings (SSSR count). The molecule has 0 aromatic carbocycles. The summed E-state index contributed by atoms with van der Waals surface area (Å²) >= 11 is 0. The molecule has 1 aliphatic heterocycles. The van der Waals surface area contributed by atoms with Gasteiger partial charge in [0.15, 0.2) is 0 Å². The fourth-order valence-corrected chi connectivity index (χ4v) is 4.02. The first kappa shape index (κ1) is 14.3. The van der Waals surface area contributed by atoms with Gasteiger partial charge in [-0.2, -0.15) is 0 Å². The van der Waals surface area contributed by atoms with Crippen molar-refractivity contribution in [3.8, 4) is 0 Å². The smallest absolute Gasteiger partial charge is 0.0104 e. The third-order valence-electron chi connectivity index (χ3n) is 5.00. The third kappa shape index (κ3) is 3.96. The minimum Gasteiger partial charge on any atom is -0.317 e. The van der Waals surface area contributed by atoms with Crippen LogP contribution in [-0.2, 0) is 0 Å². The average Bonchev–Trinajstić information content (AvgIpc) is 2.53. The molecule has 0 radical (unpaired) electrons. The summed E-state index contributed by atoms with van der Waals surface area (Å²) in [6, 6.07) is 0.762. The Labute approximate surface area is 114 Å². The van der Waals surface area contributed by atoms with Gasteiger partial charge in [0.1, 0.15) is 0 Å². The van der Waals surface area contributed by atoms with Crippen molar-refractivity contribution in [1.29, 1.82) is 0 Å². The molecule has 0 amide bonds. The quantitative estimate of drug-likeness (QED) is 0.776. The van der Waals surface area contributed by atoms with Crippen molar-refractivity contribution < 1.29 is 0 Å². The van der Waals surface area contributed by atoms with Gasteiger partial charge in [-0.1, -0.05) is 33.1 Å². The lowest BCUT2D eigenvalue weighted by atomic mass is 9.83. The van der Waals surface area contributed by atoms with Crippen LogP contribution >= 0.6 is 0 Å². The van der Waals surface area contributed by atoms with E-state index >= 15 is 0 Å². The minimum absolute atomic E-state index is 0.540. The summed E-state index contributed by atoms with van der Waals surface area (Å²) in [7, 11) is 2.16. The number of hydrogen-bond acceptors (Lipinski definition) is 2. The van der Waals surface area contributed by atoms with E-state index in [0.717, 1.165) is 12.0 Å². The molecule has 0 spiro atoms. The molecule has 0 bridgehead atoms. The third-order valence-corrected chi connectivity index (χ3v) is 5.00. The first-order valence-electron chi connectivity index (χ1n) is 8.00. The fraction of sp³-hybridized carbons (Fsp3) is 1.00. The van der Waals surface area contributed by atoms with E-state index in [1.807, 2.05) is 0 Å². The highest BCUT2D eigenvalue weighted by molar-refractivity contribution is 4.85. The van der Waals surface area contributed by atoms with E-state index in [1.54, 1.807) is 0 Å². The Morgan fingerprint density at radius 3 is 2.61 bits per heavy atom. The molecule has 2 atom stereocenters. The van der Waals surface area contributed by atoms with E-state index in [0.29, 0.717) is 5.41 Å². The summed E-state index contributed by atoms with van der Waals surface area (Å²) in [6.07, 6.45) is 9.93. The van der Waals surface area contributed by atoms with Crippen LogP contribution < -0.4 is 5.32 Å². The van der Waals surface area contributed by atoms with Crippen LogP contribution in [0.5, 0.6) is 0 Å². The van der Waals surface area contributed by atoms with Gasteiger partial charge in [0.25, 0.3) is 0 Å². The molecule has 1 N–H and O–H groups in total. The molecule has 2 fully saturated rings. The van der Waals surface area contributed by atoms with E-state index in [9.17, 15) is 0 Å². The normalized spacial score (nSPS) is 34.2. The Morgan fingerprint density at radius 1 is 1.11 bits per heavy atom. The zero-order chi connectivity index (χ0) is 13.0. The van der Waals surface area contributed by atoms with Gasteiger partial charge in [0.2, 0.25) is 0 Å². The van der Waals surface area contributed by atoms with Crippen molar-refractivity contribution in [3.05, 3.63) is 0 Å². The standard InChI is InChI=1S/C16H32N2/c1-16(2)10-7-11-18(13-16)12-14-8-5-4-6-9-15(14)17-3/h14-15,17H,4-13H2,1-3H3.